The Kier molecular flexibility index (Phi) is 4.50. The fourth-order valence-electron chi connectivity index (χ4n) is 3.23. The second kappa shape index (κ2) is 5.78. The topological polar surface area (TPSA) is 17.1 Å². The van der Waals surface area contributed by atoms with Crippen LogP contribution in [0.1, 0.15) is 69.4 Å². The summed E-state index contributed by atoms with van der Waals surface area (Å²) in [7, 11) is 0. The Hall–Kier alpha value is -0.630. The first-order chi connectivity index (χ1) is 8.94. The lowest BCUT2D eigenvalue weighted by Crippen LogP contribution is -2.32. The summed E-state index contributed by atoms with van der Waals surface area (Å²) in [5.74, 6) is 0.487. The molecule has 1 aromatic heterocycles. The SMILES string of the molecule is CC(C)C(=O)C(C)(C)c1scc2c1CCCCCC2. The van der Waals surface area contributed by atoms with E-state index in [0.29, 0.717) is 5.78 Å². The maximum absolute atomic E-state index is 12.5. The number of hydrogen-bond donors (Lipinski definition) is 0. The summed E-state index contributed by atoms with van der Waals surface area (Å²) in [6, 6.07) is 0. The molecule has 0 unspecified atom stereocenters. The van der Waals surface area contributed by atoms with E-state index in [1.165, 1.54) is 54.5 Å². The highest BCUT2D eigenvalue weighted by Gasteiger charge is 2.35. The number of ketones is 1. The van der Waals surface area contributed by atoms with E-state index in [4.69, 9.17) is 0 Å². The Morgan fingerprint density at radius 1 is 1.16 bits per heavy atom. The summed E-state index contributed by atoms with van der Waals surface area (Å²) in [5, 5.41) is 2.31. The van der Waals surface area contributed by atoms with Gasteiger partial charge >= 0.3 is 0 Å². The average molecular weight is 278 g/mol. The van der Waals surface area contributed by atoms with Crippen LogP contribution in [0.25, 0.3) is 0 Å². The molecule has 1 heterocycles. The van der Waals surface area contributed by atoms with Gasteiger partial charge in [-0.2, -0.15) is 0 Å². The minimum atomic E-state index is -0.314. The van der Waals surface area contributed by atoms with Crippen LogP contribution >= 0.6 is 11.3 Å². The van der Waals surface area contributed by atoms with Crippen molar-refractivity contribution in [1.29, 1.82) is 0 Å². The van der Waals surface area contributed by atoms with Crippen LogP contribution in [0.2, 0.25) is 0 Å². The van der Waals surface area contributed by atoms with Crippen LogP contribution in [0.3, 0.4) is 0 Å². The fourth-order valence-corrected chi connectivity index (χ4v) is 4.52. The predicted molar refractivity (Wildman–Crippen MR) is 83.1 cm³/mol. The van der Waals surface area contributed by atoms with E-state index < -0.39 is 0 Å². The molecule has 0 aliphatic heterocycles. The Morgan fingerprint density at radius 2 is 1.79 bits per heavy atom. The molecule has 1 aliphatic rings. The van der Waals surface area contributed by atoms with Crippen molar-refractivity contribution in [3.63, 3.8) is 0 Å². The summed E-state index contributed by atoms with van der Waals surface area (Å²) >= 11 is 1.82. The molecule has 0 spiro atoms. The number of carbonyl (C=O) groups is 1. The largest absolute Gasteiger partial charge is 0.298 e. The van der Waals surface area contributed by atoms with Crippen molar-refractivity contribution in [3.05, 3.63) is 21.4 Å². The molecule has 0 radical (unpaired) electrons. The molecule has 19 heavy (non-hydrogen) atoms. The van der Waals surface area contributed by atoms with Gasteiger partial charge in [0, 0.05) is 10.8 Å². The molecule has 1 nitrogen and oxygen atoms in total. The third-order valence-electron chi connectivity index (χ3n) is 4.31. The zero-order valence-electron chi connectivity index (χ0n) is 12.7. The monoisotopic (exact) mass is 278 g/mol. The smallest absolute Gasteiger partial charge is 0.146 e. The Morgan fingerprint density at radius 3 is 2.42 bits per heavy atom. The maximum Gasteiger partial charge on any atom is 0.146 e. The molecule has 0 saturated carbocycles. The van der Waals surface area contributed by atoms with Crippen LogP contribution in [0, 0.1) is 5.92 Å². The van der Waals surface area contributed by atoms with Gasteiger partial charge in [0.05, 0.1) is 5.41 Å². The van der Waals surface area contributed by atoms with E-state index in [2.05, 4.69) is 19.2 Å². The Balaban J connectivity index is 2.37. The van der Waals surface area contributed by atoms with Crippen LogP contribution < -0.4 is 0 Å². The molecular weight excluding hydrogens is 252 g/mol. The molecule has 0 N–H and O–H groups in total. The first-order valence-corrected chi connectivity index (χ1v) is 8.46. The summed E-state index contributed by atoms with van der Waals surface area (Å²) in [6.07, 6.45) is 7.66. The van der Waals surface area contributed by atoms with Crippen LogP contribution in [0.5, 0.6) is 0 Å². The highest BCUT2D eigenvalue weighted by atomic mass is 32.1. The van der Waals surface area contributed by atoms with Crippen molar-refractivity contribution in [3.8, 4) is 0 Å². The molecule has 0 aromatic carbocycles. The molecular formula is C17H26OS. The van der Waals surface area contributed by atoms with E-state index >= 15 is 0 Å². The number of fused-ring (bicyclic) bond motifs is 1. The van der Waals surface area contributed by atoms with Crippen molar-refractivity contribution in [2.24, 2.45) is 5.92 Å². The van der Waals surface area contributed by atoms with Crippen molar-refractivity contribution >= 4 is 17.1 Å². The van der Waals surface area contributed by atoms with Crippen molar-refractivity contribution < 1.29 is 4.79 Å². The summed E-state index contributed by atoms with van der Waals surface area (Å²) in [4.78, 5) is 13.8. The number of hydrogen-bond acceptors (Lipinski definition) is 2. The zero-order chi connectivity index (χ0) is 14.0. The maximum atomic E-state index is 12.5. The average Bonchev–Trinajstić information content (AvgIpc) is 2.70. The van der Waals surface area contributed by atoms with Crippen LogP contribution in [0.4, 0.5) is 0 Å². The Labute approximate surface area is 121 Å². The van der Waals surface area contributed by atoms with Gasteiger partial charge in [-0.3, -0.25) is 4.79 Å². The molecule has 0 atom stereocenters. The van der Waals surface area contributed by atoms with Gasteiger partial charge in [-0.15, -0.1) is 11.3 Å². The van der Waals surface area contributed by atoms with Crippen LogP contribution in [0.15, 0.2) is 5.38 Å². The fraction of sp³-hybridized carbons (Fsp3) is 0.706. The third-order valence-corrected chi connectivity index (χ3v) is 5.71. The van der Waals surface area contributed by atoms with Gasteiger partial charge in [-0.25, -0.2) is 0 Å². The molecule has 1 aromatic rings. The lowest BCUT2D eigenvalue weighted by molar-refractivity contribution is -0.126. The lowest BCUT2D eigenvalue weighted by atomic mass is 9.78. The highest BCUT2D eigenvalue weighted by Crippen LogP contribution is 2.38. The lowest BCUT2D eigenvalue weighted by Gasteiger charge is -2.26. The molecule has 2 heteroatoms. The molecule has 106 valence electrons. The molecule has 0 amide bonds. The van der Waals surface area contributed by atoms with Gasteiger partial charge in [0.25, 0.3) is 0 Å². The van der Waals surface area contributed by atoms with Crippen LogP contribution in [-0.2, 0) is 23.1 Å². The van der Waals surface area contributed by atoms with Crippen LogP contribution in [-0.4, -0.2) is 5.78 Å². The first-order valence-electron chi connectivity index (χ1n) is 7.58. The summed E-state index contributed by atoms with van der Waals surface area (Å²) < 4.78 is 0. The van der Waals surface area contributed by atoms with Gasteiger partial charge in [0.2, 0.25) is 0 Å². The Bertz CT molecular complexity index is 454. The van der Waals surface area contributed by atoms with E-state index in [0.717, 1.165) is 0 Å². The number of aryl methyl sites for hydroxylation is 1. The summed E-state index contributed by atoms with van der Waals surface area (Å²) in [6.45, 7) is 8.25. The minimum Gasteiger partial charge on any atom is -0.298 e. The normalized spacial score (nSPS) is 16.9. The molecule has 0 fully saturated rings. The number of rotatable bonds is 3. The van der Waals surface area contributed by atoms with Gasteiger partial charge in [-0.05, 0) is 56.0 Å². The quantitative estimate of drug-likeness (QED) is 0.767. The second-order valence-corrected chi connectivity index (χ2v) is 7.51. The predicted octanol–water partition coefficient (Wildman–Crippen LogP) is 4.91. The van der Waals surface area contributed by atoms with E-state index in [1.54, 1.807) is 0 Å². The van der Waals surface area contributed by atoms with Gasteiger partial charge in [0.15, 0.2) is 0 Å². The van der Waals surface area contributed by atoms with E-state index in [9.17, 15) is 4.79 Å². The van der Waals surface area contributed by atoms with Gasteiger partial charge in [0.1, 0.15) is 5.78 Å². The molecule has 0 bridgehead atoms. The minimum absolute atomic E-state index is 0.112. The molecule has 0 saturated heterocycles. The first kappa shape index (κ1) is 14.8. The third kappa shape index (κ3) is 2.94. The standard InChI is InChI=1S/C17H26OS/c1-12(2)15(18)17(3,4)16-14-10-8-6-5-7-9-13(14)11-19-16/h11-12H,5-10H2,1-4H3. The molecule has 2 rings (SSSR count). The van der Waals surface area contributed by atoms with Gasteiger partial charge in [-0.1, -0.05) is 26.7 Å². The van der Waals surface area contributed by atoms with Gasteiger partial charge < -0.3 is 0 Å². The summed E-state index contributed by atoms with van der Waals surface area (Å²) in [5.41, 5.74) is 2.71. The van der Waals surface area contributed by atoms with Crippen molar-refractivity contribution in [1.82, 2.24) is 0 Å². The highest BCUT2D eigenvalue weighted by molar-refractivity contribution is 7.10. The van der Waals surface area contributed by atoms with Crippen molar-refractivity contribution in [2.45, 2.75) is 71.6 Å². The van der Waals surface area contributed by atoms with E-state index in [1.807, 2.05) is 25.2 Å². The van der Waals surface area contributed by atoms with E-state index in [-0.39, 0.29) is 11.3 Å². The number of carbonyl (C=O) groups excluding carboxylic acids is 1. The van der Waals surface area contributed by atoms with Crippen molar-refractivity contribution in [2.75, 3.05) is 0 Å². The number of thiophene rings is 1. The second-order valence-electron chi connectivity index (χ2n) is 6.63. The zero-order valence-corrected chi connectivity index (χ0v) is 13.5. The number of Topliss-reactive ketones (excluding diaryl/α,β-unsaturated/α-hetero) is 1. The molecule has 1 aliphatic carbocycles.